The number of rotatable bonds is 7. The monoisotopic (exact) mass is 238 g/mol. The van der Waals surface area contributed by atoms with Gasteiger partial charge in [0.15, 0.2) is 0 Å². The molecule has 94 valence electrons. The van der Waals surface area contributed by atoms with Gasteiger partial charge in [-0.15, -0.1) is 0 Å². The van der Waals surface area contributed by atoms with Gasteiger partial charge < -0.3 is 20.5 Å². The van der Waals surface area contributed by atoms with Gasteiger partial charge in [-0.25, -0.2) is 0 Å². The molecule has 0 aliphatic rings. The SMILES string of the molecule is COc1ccccc1NC(=O)COCCCN. The van der Waals surface area contributed by atoms with Crippen molar-refractivity contribution < 1.29 is 14.3 Å². The Balaban J connectivity index is 2.39. The summed E-state index contributed by atoms with van der Waals surface area (Å²) in [6.45, 7) is 1.09. The maximum Gasteiger partial charge on any atom is 0.250 e. The van der Waals surface area contributed by atoms with Crippen LogP contribution in [0, 0.1) is 0 Å². The summed E-state index contributed by atoms with van der Waals surface area (Å²) < 4.78 is 10.3. The van der Waals surface area contributed by atoms with Crippen LogP contribution in [0.4, 0.5) is 5.69 Å². The van der Waals surface area contributed by atoms with Crippen molar-refractivity contribution in [3.8, 4) is 5.75 Å². The van der Waals surface area contributed by atoms with E-state index in [1.807, 2.05) is 12.1 Å². The van der Waals surface area contributed by atoms with Crippen molar-refractivity contribution in [1.82, 2.24) is 0 Å². The molecule has 5 heteroatoms. The molecule has 1 aromatic carbocycles. The molecule has 0 aromatic heterocycles. The number of anilines is 1. The molecule has 0 radical (unpaired) electrons. The van der Waals surface area contributed by atoms with Crippen LogP contribution >= 0.6 is 0 Å². The Morgan fingerprint density at radius 1 is 1.41 bits per heavy atom. The van der Waals surface area contributed by atoms with Crippen LogP contribution in [-0.4, -0.2) is 32.8 Å². The summed E-state index contributed by atoms with van der Waals surface area (Å²) >= 11 is 0. The molecule has 3 N–H and O–H groups in total. The Morgan fingerprint density at radius 3 is 2.88 bits per heavy atom. The maximum atomic E-state index is 11.5. The van der Waals surface area contributed by atoms with E-state index in [-0.39, 0.29) is 12.5 Å². The number of ether oxygens (including phenoxy) is 2. The topological polar surface area (TPSA) is 73.6 Å². The van der Waals surface area contributed by atoms with Gasteiger partial charge in [-0.05, 0) is 25.1 Å². The van der Waals surface area contributed by atoms with Crippen molar-refractivity contribution in [2.75, 3.05) is 32.2 Å². The van der Waals surface area contributed by atoms with E-state index in [1.54, 1.807) is 19.2 Å². The number of carbonyl (C=O) groups is 1. The minimum atomic E-state index is -0.202. The van der Waals surface area contributed by atoms with E-state index in [0.29, 0.717) is 24.6 Å². The summed E-state index contributed by atoms with van der Waals surface area (Å²) in [5.41, 5.74) is 5.95. The molecule has 1 aromatic rings. The molecule has 1 rings (SSSR count). The van der Waals surface area contributed by atoms with Crippen molar-refractivity contribution in [1.29, 1.82) is 0 Å². The largest absolute Gasteiger partial charge is 0.495 e. The van der Waals surface area contributed by atoms with Crippen molar-refractivity contribution in [2.45, 2.75) is 6.42 Å². The van der Waals surface area contributed by atoms with Gasteiger partial charge in [0.2, 0.25) is 5.91 Å². The highest BCUT2D eigenvalue weighted by molar-refractivity contribution is 5.93. The first kappa shape index (κ1) is 13.5. The summed E-state index contributed by atoms with van der Waals surface area (Å²) in [7, 11) is 1.56. The summed E-state index contributed by atoms with van der Waals surface area (Å²) in [5.74, 6) is 0.425. The van der Waals surface area contributed by atoms with E-state index in [0.717, 1.165) is 6.42 Å². The van der Waals surface area contributed by atoms with Crippen molar-refractivity contribution in [3.05, 3.63) is 24.3 Å². The summed E-state index contributed by atoms with van der Waals surface area (Å²) in [4.78, 5) is 11.5. The van der Waals surface area contributed by atoms with E-state index < -0.39 is 0 Å². The Hall–Kier alpha value is -1.59. The van der Waals surface area contributed by atoms with Crippen LogP contribution in [0.3, 0.4) is 0 Å². The molecular formula is C12H18N2O3. The van der Waals surface area contributed by atoms with Crippen LogP contribution in [0.15, 0.2) is 24.3 Å². The first-order chi connectivity index (χ1) is 8.27. The number of nitrogens with one attached hydrogen (secondary N) is 1. The molecule has 0 aliphatic heterocycles. The molecule has 0 bridgehead atoms. The van der Waals surface area contributed by atoms with Crippen molar-refractivity contribution in [2.24, 2.45) is 5.73 Å². The molecule has 5 nitrogen and oxygen atoms in total. The van der Waals surface area contributed by atoms with Gasteiger partial charge in [-0.1, -0.05) is 12.1 Å². The first-order valence-electron chi connectivity index (χ1n) is 5.48. The predicted octanol–water partition coefficient (Wildman–Crippen LogP) is 0.999. The number of para-hydroxylation sites is 2. The van der Waals surface area contributed by atoms with E-state index in [1.165, 1.54) is 0 Å². The first-order valence-corrected chi connectivity index (χ1v) is 5.48. The Morgan fingerprint density at radius 2 is 2.18 bits per heavy atom. The van der Waals surface area contributed by atoms with Crippen LogP contribution < -0.4 is 15.8 Å². The van der Waals surface area contributed by atoms with Gasteiger partial charge in [-0.3, -0.25) is 4.79 Å². The number of hydrogen-bond acceptors (Lipinski definition) is 4. The third-order valence-electron chi connectivity index (χ3n) is 2.11. The number of benzene rings is 1. The highest BCUT2D eigenvalue weighted by Crippen LogP contribution is 2.22. The van der Waals surface area contributed by atoms with Gasteiger partial charge in [0, 0.05) is 6.61 Å². The molecule has 0 spiro atoms. The van der Waals surface area contributed by atoms with E-state index in [2.05, 4.69) is 5.32 Å². The zero-order valence-electron chi connectivity index (χ0n) is 9.94. The van der Waals surface area contributed by atoms with Gasteiger partial charge in [-0.2, -0.15) is 0 Å². The fraction of sp³-hybridized carbons (Fsp3) is 0.417. The van der Waals surface area contributed by atoms with Gasteiger partial charge >= 0.3 is 0 Å². The number of amides is 1. The van der Waals surface area contributed by atoms with Crippen molar-refractivity contribution in [3.63, 3.8) is 0 Å². The Kier molecular flexibility index (Phi) is 6.06. The lowest BCUT2D eigenvalue weighted by atomic mass is 10.3. The van der Waals surface area contributed by atoms with Gasteiger partial charge in [0.05, 0.1) is 12.8 Å². The lowest BCUT2D eigenvalue weighted by Gasteiger charge is -2.09. The smallest absolute Gasteiger partial charge is 0.250 e. The summed E-state index contributed by atoms with van der Waals surface area (Å²) in [6, 6.07) is 7.22. The molecule has 0 atom stereocenters. The van der Waals surface area contributed by atoms with Crippen LogP contribution in [0.1, 0.15) is 6.42 Å². The lowest BCUT2D eigenvalue weighted by Crippen LogP contribution is -2.19. The van der Waals surface area contributed by atoms with Crippen LogP contribution in [0.25, 0.3) is 0 Å². The second kappa shape index (κ2) is 7.65. The Labute approximate surface area is 101 Å². The molecule has 0 fully saturated rings. The zero-order chi connectivity index (χ0) is 12.5. The van der Waals surface area contributed by atoms with Crippen molar-refractivity contribution >= 4 is 11.6 Å². The average Bonchev–Trinajstić information content (AvgIpc) is 2.35. The highest BCUT2D eigenvalue weighted by Gasteiger charge is 2.06. The van der Waals surface area contributed by atoms with E-state index >= 15 is 0 Å². The number of carbonyl (C=O) groups excluding carboxylic acids is 1. The zero-order valence-corrected chi connectivity index (χ0v) is 9.94. The normalized spacial score (nSPS) is 10.0. The highest BCUT2D eigenvalue weighted by atomic mass is 16.5. The number of nitrogens with two attached hydrogens (primary N) is 1. The molecule has 0 saturated carbocycles. The van der Waals surface area contributed by atoms with E-state index in [4.69, 9.17) is 15.2 Å². The second-order valence-electron chi connectivity index (χ2n) is 3.44. The average molecular weight is 238 g/mol. The van der Waals surface area contributed by atoms with Crippen LogP contribution in [0.2, 0.25) is 0 Å². The van der Waals surface area contributed by atoms with Gasteiger partial charge in [0.1, 0.15) is 12.4 Å². The Bertz CT molecular complexity index is 355. The fourth-order valence-corrected chi connectivity index (χ4v) is 1.28. The molecule has 0 saturated heterocycles. The molecular weight excluding hydrogens is 220 g/mol. The van der Waals surface area contributed by atoms with Gasteiger partial charge in [0.25, 0.3) is 0 Å². The predicted molar refractivity (Wildman–Crippen MR) is 66.1 cm³/mol. The fourth-order valence-electron chi connectivity index (χ4n) is 1.28. The van der Waals surface area contributed by atoms with E-state index in [9.17, 15) is 4.79 Å². The standard InChI is InChI=1S/C12H18N2O3/c1-16-11-6-3-2-5-10(11)14-12(15)9-17-8-4-7-13/h2-3,5-6H,4,7-9,13H2,1H3,(H,14,15). The quantitative estimate of drug-likeness (QED) is 0.695. The lowest BCUT2D eigenvalue weighted by molar-refractivity contribution is -0.120. The second-order valence-corrected chi connectivity index (χ2v) is 3.44. The molecule has 0 heterocycles. The summed E-state index contributed by atoms with van der Waals surface area (Å²) in [6.07, 6.45) is 0.752. The third-order valence-corrected chi connectivity index (χ3v) is 2.11. The maximum absolute atomic E-state index is 11.5. The minimum absolute atomic E-state index is 0.0258. The minimum Gasteiger partial charge on any atom is -0.495 e. The summed E-state index contributed by atoms with van der Waals surface area (Å²) in [5, 5.41) is 2.72. The molecule has 1 amide bonds. The third kappa shape index (κ3) is 4.84. The molecule has 0 aliphatic carbocycles. The van der Waals surface area contributed by atoms with Crippen LogP contribution in [-0.2, 0) is 9.53 Å². The van der Waals surface area contributed by atoms with Crippen LogP contribution in [0.5, 0.6) is 5.75 Å². The number of methoxy groups -OCH3 is 1. The number of hydrogen-bond donors (Lipinski definition) is 2. The molecule has 17 heavy (non-hydrogen) atoms. The molecule has 0 unspecified atom stereocenters.